The first-order chi connectivity index (χ1) is 17.1. The third-order valence-electron chi connectivity index (χ3n) is 6.57. The van der Waals surface area contributed by atoms with Crippen molar-refractivity contribution in [2.75, 3.05) is 83.5 Å². The fourth-order valence-electron chi connectivity index (χ4n) is 4.60. The zero-order chi connectivity index (χ0) is 24.5. The maximum absolute atomic E-state index is 11.2. The molecule has 2 aliphatic rings. The van der Waals surface area contributed by atoms with Crippen LogP contribution in [0.25, 0.3) is 0 Å². The quantitative estimate of drug-likeness (QED) is 0.431. The van der Waals surface area contributed by atoms with Gasteiger partial charge in [-0.05, 0) is 30.5 Å². The van der Waals surface area contributed by atoms with Gasteiger partial charge in [0.15, 0.2) is 11.5 Å². The molecule has 0 saturated carbocycles. The molecule has 10 heteroatoms. The standard InChI is InChI=1S/C25H38N6O4/c1-26-23-15-24(29-19-28-23)31-7-3-6-25(32,18-31)17-27-16-20-4-5-21(22(14-20)33-2)35-13-10-30-8-11-34-12-9-30/h4-5,14-15,19,27,32H,3,6-13,16-18H2,1-2H3,(H,26,28,29)/t25-/m1/s1. The zero-order valence-electron chi connectivity index (χ0n) is 20.8. The van der Waals surface area contributed by atoms with E-state index in [1.54, 1.807) is 13.4 Å². The van der Waals surface area contributed by atoms with Crippen molar-refractivity contribution in [3.05, 3.63) is 36.2 Å². The predicted molar refractivity (Wildman–Crippen MR) is 135 cm³/mol. The van der Waals surface area contributed by atoms with Crippen LogP contribution in [0, 0.1) is 0 Å². The molecule has 2 aliphatic heterocycles. The number of methoxy groups -OCH3 is 1. The van der Waals surface area contributed by atoms with E-state index >= 15 is 0 Å². The number of morpholine rings is 1. The molecular formula is C25H38N6O4. The second-order valence-corrected chi connectivity index (χ2v) is 9.15. The maximum atomic E-state index is 11.2. The Morgan fingerprint density at radius 3 is 2.80 bits per heavy atom. The Bertz CT molecular complexity index is 942. The second kappa shape index (κ2) is 12.3. The number of hydrogen-bond donors (Lipinski definition) is 3. The van der Waals surface area contributed by atoms with Crippen LogP contribution in [0.3, 0.4) is 0 Å². The van der Waals surface area contributed by atoms with Crippen molar-refractivity contribution >= 4 is 11.6 Å². The van der Waals surface area contributed by atoms with Crippen LogP contribution in [0.5, 0.6) is 11.5 Å². The molecule has 1 atom stereocenters. The van der Waals surface area contributed by atoms with Crippen LogP contribution in [0.2, 0.25) is 0 Å². The lowest BCUT2D eigenvalue weighted by Gasteiger charge is -2.40. The van der Waals surface area contributed by atoms with E-state index in [0.29, 0.717) is 26.2 Å². The van der Waals surface area contributed by atoms with Gasteiger partial charge in [0.1, 0.15) is 24.6 Å². The summed E-state index contributed by atoms with van der Waals surface area (Å²) in [6.07, 6.45) is 3.21. The van der Waals surface area contributed by atoms with E-state index in [-0.39, 0.29) is 0 Å². The van der Waals surface area contributed by atoms with Gasteiger partial charge in [-0.3, -0.25) is 4.90 Å². The van der Waals surface area contributed by atoms with Gasteiger partial charge in [0, 0.05) is 58.9 Å². The molecule has 0 bridgehead atoms. The van der Waals surface area contributed by atoms with Crippen LogP contribution < -0.4 is 25.0 Å². The molecule has 192 valence electrons. The molecule has 35 heavy (non-hydrogen) atoms. The monoisotopic (exact) mass is 486 g/mol. The second-order valence-electron chi connectivity index (χ2n) is 9.15. The van der Waals surface area contributed by atoms with Crippen molar-refractivity contribution in [3.8, 4) is 11.5 Å². The van der Waals surface area contributed by atoms with Crippen LogP contribution in [0.1, 0.15) is 18.4 Å². The normalized spacial score (nSPS) is 21.1. The highest BCUT2D eigenvalue weighted by Crippen LogP contribution is 2.29. The minimum absolute atomic E-state index is 0.494. The van der Waals surface area contributed by atoms with Gasteiger partial charge in [-0.15, -0.1) is 0 Å². The molecule has 1 aromatic carbocycles. The molecule has 0 aliphatic carbocycles. The number of β-amino-alcohol motifs (C(OH)–C–C–N with tert-alkyl or cyclic N) is 1. The molecule has 1 aromatic heterocycles. The Hall–Kier alpha value is -2.66. The molecule has 4 rings (SSSR count). The number of rotatable bonds is 11. The fraction of sp³-hybridized carbons (Fsp3) is 0.600. The number of aromatic nitrogens is 2. The number of ether oxygens (including phenoxy) is 3. The van der Waals surface area contributed by atoms with Crippen LogP contribution in [0.15, 0.2) is 30.6 Å². The summed E-state index contributed by atoms with van der Waals surface area (Å²) in [6.45, 7) is 7.48. The van der Waals surface area contributed by atoms with E-state index in [4.69, 9.17) is 14.2 Å². The summed E-state index contributed by atoms with van der Waals surface area (Å²) in [4.78, 5) is 13.0. The molecule has 0 radical (unpaired) electrons. The van der Waals surface area contributed by atoms with Crippen LogP contribution in [0.4, 0.5) is 11.6 Å². The van der Waals surface area contributed by atoms with E-state index in [0.717, 1.165) is 80.9 Å². The largest absolute Gasteiger partial charge is 0.493 e. The van der Waals surface area contributed by atoms with Crippen LogP contribution >= 0.6 is 0 Å². The van der Waals surface area contributed by atoms with Gasteiger partial charge in [0.25, 0.3) is 0 Å². The van der Waals surface area contributed by atoms with Gasteiger partial charge < -0.3 is 34.9 Å². The third kappa shape index (κ3) is 7.17. The van der Waals surface area contributed by atoms with Crippen LogP contribution in [-0.4, -0.2) is 98.8 Å². The highest BCUT2D eigenvalue weighted by molar-refractivity contribution is 5.48. The van der Waals surface area contributed by atoms with Gasteiger partial charge >= 0.3 is 0 Å². The first kappa shape index (κ1) is 25.4. The van der Waals surface area contributed by atoms with Crippen molar-refractivity contribution in [2.24, 2.45) is 0 Å². The highest BCUT2D eigenvalue weighted by atomic mass is 16.5. The number of anilines is 2. The Morgan fingerprint density at radius 1 is 1.14 bits per heavy atom. The lowest BCUT2D eigenvalue weighted by molar-refractivity contribution is 0.0258. The summed E-state index contributed by atoms with van der Waals surface area (Å²) in [5.41, 5.74) is 0.253. The van der Waals surface area contributed by atoms with Gasteiger partial charge in [0.05, 0.1) is 25.9 Å². The Labute approximate surface area is 207 Å². The van der Waals surface area contributed by atoms with Gasteiger partial charge in [-0.1, -0.05) is 6.07 Å². The molecule has 0 spiro atoms. The smallest absolute Gasteiger partial charge is 0.161 e. The summed E-state index contributed by atoms with van der Waals surface area (Å²) in [5, 5.41) is 17.7. The molecule has 2 saturated heterocycles. The Morgan fingerprint density at radius 2 is 2.00 bits per heavy atom. The molecule has 0 amide bonds. The summed E-state index contributed by atoms with van der Waals surface area (Å²) in [6, 6.07) is 7.90. The minimum atomic E-state index is -0.824. The van der Waals surface area contributed by atoms with Gasteiger partial charge in [-0.2, -0.15) is 0 Å². The third-order valence-corrected chi connectivity index (χ3v) is 6.57. The average Bonchev–Trinajstić information content (AvgIpc) is 2.90. The maximum Gasteiger partial charge on any atom is 0.161 e. The van der Waals surface area contributed by atoms with Gasteiger partial charge in [-0.25, -0.2) is 9.97 Å². The number of nitrogens with one attached hydrogen (secondary N) is 2. The van der Waals surface area contributed by atoms with Crippen molar-refractivity contribution in [1.82, 2.24) is 20.2 Å². The Balaban J connectivity index is 1.26. The number of aliphatic hydroxyl groups is 1. The molecule has 2 aromatic rings. The molecule has 10 nitrogen and oxygen atoms in total. The zero-order valence-corrected chi connectivity index (χ0v) is 20.8. The van der Waals surface area contributed by atoms with E-state index in [9.17, 15) is 5.11 Å². The lowest BCUT2D eigenvalue weighted by atomic mass is 9.92. The number of piperidine rings is 1. The van der Waals surface area contributed by atoms with Crippen molar-refractivity contribution in [2.45, 2.75) is 25.0 Å². The molecular weight excluding hydrogens is 448 g/mol. The predicted octanol–water partition coefficient (Wildman–Crippen LogP) is 1.36. The summed E-state index contributed by atoms with van der Waals surface area (Å²) in [5.74, 6) is 3.07. The van der Waals surface area contributed by atoms with Gasteiger partial charge in [0.2, 0.25) is 0 Å². The van der Waals surface area contributed by atoms with E-state index in [2.05, 4.69) is 30.4 Å². The van der Waals surface area contributed by atoms with E-state index < -0.39 is 5.60 Å². The number of hydrogen-bond acceptors (Lipinski definition) is 10. The number of benzene rings is 1. The molecule has 3 N–H and O–H groups in total. The van der Waals surface area contributed by atoms with E-state index in [1.165, 1.54) is 0 Å². The highest BCUT2D eigenvalue weighted by Gasteiger charge is 2.33. The van der Waals surface area contributed by atoms with Crippen molar-refractivity contribution in [3.63, 3.8) is 0 Å². The van der Waals surface area contributed by atoms with Crippen LogP contribution in [-0.2, 0) is 11.3 Å². The fourth-order valence-corrected chi connectivity index (χ4v) is 4.60. The summed E-state index contributed by atoms with van der Waals surface area (Å²) in [7, 11) is 3.50. The minimum Gasteiger partial charge on any atom is -0.493 e. The molecule has 3 heterocycles. The SMILES string of the molecule is CNc1cc(N2CCC[C@@](O)(CNCc3ccc(OCCN4CCOCC4)c(OC)c3)C2)ncn1. The average molecular weight is 487 g/mol. The molecule has 0 unspecified atom stereocenters. The summed E-state index contributed by atoms with van der Waals surface area (Å²) >= 11 is 0. The molecule has 2 fully saturated rings. The summed E-state index contributed by atoms with van der Waals surface area (Å²) < 4.78 is 16.9. The first-order valence-electron chi connectivity index (χ1n) is 12.4. The topological polar surface area (TPSA) is 104 Å². The lowest BCUT2D eigenvalue weighted by Crippen LogP contribution is -2.53. The van der Waals surface area contributed by atoms with E-state index in [1.807, 2.05) is 31.3 Å². The first-order valence-corrected chi connectivity index (χ1v) is 12.4. The number of nitrogens with zero attached hydrogens (tertiary/aromatic N) is 4. The van der Waals surface area contributed by atoms with Crippen molar-refractivity contribution < 1.29 is 19.3 Å². The Kier molecular flexibility index (Phi) is 8.97. The van der Waals surface area contributed by atoms with Crippen molar-refractivity contribution in [1.29, 1.82) is 0 Å².